The molecule has 5 atom stereocenters. The number of ether oxygens (including phenoxy) is 1. The van der Waals surface area contributed by atoms with E-state index in [1.807, 2.05) is 12.1 Å². The van der Waals surface area contributed by atoms with E-state index < -0.39 is 39.8 Å². The monoisotopic (exact) mass is 664 g/mol. The molecule has 2 bridgehead atoms. The van der Waals surface area contributed by atoms with Crippen molar-refractivity contribution < 1.29 is 32.2 Å². The van der Waals surface area contributed by atoms with Crippen molar-refractivity contribution in [3.8, 4) is 0 Å². The molecular weight excluding hydrogens is 623 g/mol. The van der Waals surface area contributed by atoms with E-state index in [4.69, 9.17) is 16.3 Å². The van der Waals surface area contributed by atoms with Crippen molar-refractivity contribution in [1.29, 1.82) is 0 Å². The van der Waals surface area contributed by atoms with E-state index in [1.165, 1.54) is 12.1 Å². The lowest BCUT2D eigenvalue weighted by molar-refractivity contribution is -0.119. The van der Waals surface area contributed by atoms with Crippen LogP contribution in [0.1, 0.15) is 62.0 Å². The number of rotatable bonds is 10. The van der Waals surface area contributed by atoms with Crippen LogP contribution in [-0.4, -0.2) is 80.0 Å². The third-order valence-corrected chi connectivity index (χ3v) is 11.8. The number of nitrogens with zero attached hydrogens (tertiary/aromatic N) is 1. The van der Waals surface area contributed by atoms with Gasteiger partial charge in [0.05, 0.1) is 11.9 Å². The van der Waals surface area contributed by atoms with Crippen molar-refractivity contribution in [2.24, 2.45) is 5.92 Å². The van der Waals surface area contributed by atoms with Crippen LogP contribution in [0.4, 0.5) is 14.9 Å². The Morgan fingerprint density at radius 3 is 2.56 bits per heavy atom. The number of methoxy groups -OCH3 is 1. The predicted molar refractivity (Wildman–Crippen MR) is 171 cm³/mol. The van der Waals surface area contributed by atoms with E-state index in [1.54, 1.807) is 29.6 Å². The Bertz CT molecular complexity index is 1450. The highest BCUT2D eigenvalue weighted by molar-refractivity contribution is 7.89. The fourth-order valence-corrected chi connectivity index (χ4v) is 9.19. The number of carboxylic acid groups (broad SMARTS) is 1. The van der Waals surface area contributed by atoms with Crippen LogP contribution in [0, 0.1) is 11.7 Å². The lowest BCUT2D eigenvalue weighted by Crippen LogP contribution is -2.57. The minimum Gasteiger partial charge on any atom is -0.465 e. The number of benzene rings is 2. The molecule has 10 nitrogen and oxygen atoms in total. The first-order valence-corrected chi connectivity index (χ1v) is 17.6. The number of piperazine rings is 1. The molecule has 3 aliphatic rings. The third kappa shape index (κ3) is 8.15. The molecule has 2 aliphatic heterocycles. The standard InChI is InChI=1S/C32H42ClFN4O6S/c1-44-25-14-9-21(10-15-25)29(20-7-11-22(33)12-8-20)30(37-32(40)41)31(39)36-28-6-2-5-27(34)26(28)16-13-24-18-35-23-4-3-17-45(42,43)38(24)19-23/h2,5-8,11-12,21,23-25,29-30,35,37H,3-4,9-10,13-19H2,1H3,(H,36,39)(H,40,41)/t21-,23-,24+,25-,29+,30+/m1/s1. The quantitative estimate of drug-likeness (QED) is 0.288. The lowest BCUT2D eigenvalue weighted by Gasteiger charge is -2.38. The molecule has 45 heavy (non-hydrogen) atoms. The van der Waals surface area contributed by atoms with Gasteiger partial charge in [-0.1, -0.05) is 29.8 Å². The molecular formula is C32H42ClFN4O6S. The summed E-state index contributed by atoms with van der Waals surface area (Å²) in [5.74, 6) is -1.56. The molecule has 0 spiro atoms. The first kappa shape index (κ1) is 33.6. The zero-order chi connectivity index (χ0) is 32.1. The van der Waals surface area contributed by atoms with Gasteiger partial charge in [-0.2, -0.15) is 4.31 Å². The van der Waals surface area contributed by atoms with Crippen molar-refractivity contribution in [2.45, 2.75) is 81.5 Å². The predicted octanol–water partition coefficient (Wildman–Crippen LogP) is 4.74. The van der Waals surface area contributed by atoms with E-state index >= 15 is 4.39 Å². The molecule has 2 aromatic carbocycles. The number of carbonyl (C=O) groups excluding carboxylic acids is 1. The number of fused-ring (bicyclic) bond motifs is 2. The second kappa shape index (κ2) is 14.8. The Hall–Kier alpha value is -2.77. The van der Waals surface area contributed by atoms with Crippen LogP contribution in [0.3, 0.4) is 0 Å². The van der Waals surface area contributed by atoms with Crippen molar-refractivity contribution >= 4 is 39.3 Å². The van der Waals surface area contributed by atoms with E-state index in [-0.39, 0.29) is 47.5 Å². The molecule has 5 rings (SSSR count). The fraction of sp³-hybridized carbons (Fsp3) is 0.562. The van der Waals surface area contributed by atoms with Gasteiger partial charge in [0.1, 0.15) is 11.9 Å². The number of amides is 2. The molecule has 0 radical (unpaired) electrons. The lowest BCUT2D eigenvalue weighted by atomic mass is 9.72. The van der Waals surface area contributed by atoms with Crippen molar-refractivity contribution in [3.63, 3.8) is 0 Å². The molecule has 246 valence electrons. The van der Waals surface area contributed by atoms with Crippen molar-refractivity contribution in [3.05, 3.63) is 64.4 Å². The molecule has 2 heterocycles. The molecule has 2 amide bonds. The van der Waals surface area contributed by atoms with Gasteiger partial charge in [0.25, 0.3) is 0 Å². The molecule has 3 fully saturated rings. The summed E-state index contributed by atoms with van der Waals surface area (Å²) in [6.45, 7) is 0.869. The fourth-order valence-electron chi connectivity index (χ4n) is 7.25. The van der Waals surface area contributed by atoms with Gasteiger partial charge in [-0.15, -0.1) is 0 Å². The van der Waals surface area contributed by atoms with Crippen LogP contribution in [-0.2, 0) is 26.0 Å². The van der Waals surface area contributed by atoms with Gasteiger partial charge in [-0.05, 0) is 87.1 Å². The SMILES string of the molecule is CO[C@H]1CC[C@H]([C@H](c2ccc(Cl)cc2)[C@H](NC(=O)O)C(=O)Nc2cccc(F)c2CC[C@H]2CN[C@@H]3CCCS(=O)(=O)N2C3)CC1. The maximum atomic E-state index is 15.3. The summed E-state index contributed by atoms with van der Waals surface area (Å²) in [6, 6.07) is 10.0. The highest BCUT2D eigenvalue weighted by Crippen LogP contribution is 2.40. The Balaban J connectivity index is 1.39. The number of nitrogens with one attached hydrogen (secondary N) is 3. The summed E-state index contributed by atoms with van der Waals surface area (Å²) in [4.78, 5) is 26.1. The second-order valence-electron chi connectivity index (χ2n) is 12.4. The first-order valence-electron chi connectivity index (χ1n) is 15.6. The Kier molecular flexibility index (Phi) is 11.0. The van der Waals surface area contributed by atoms with E-state index in [0.717, 1.165) is 37.7 Å². The van der Waals surface area contributed by atoms with Gasteiger partial charge in [0.2, 0.25) is 15.9 Å². The minimum atomic E-state index is -3.41. The zero-order valence-corrected chi connectivity index (χ0v) is 27.0. The number of halogens is 2. The van der Waals surface area contributed by atoms with Crippen LogP contribution in [0.2, 0.25) is 5.02 Å². The smallest absolute Gasteiger partial charge is 0.405 e. The van der Waals surface area contributed by atoms with Gasteiger partial charge < -0.3 is 25.8 Å². The van der Waals surface area contributed by atoms with Gasteiger partial charge in [0, 0.05) is 54.5 Å². The topological polar surface area (TPSA) is 137 Å². The molecule has 0 aromatic heterocycles. The van der Waals surface area contributed by atoms with Gasteiger partial charge in [-0.3, -0.25) is 4.79 Å². The maximum Gasteiger partial charge on any atom is 0.405 e. The van der Waals surface area contributed by atoms with Gasteiger partial charge in [0.15, 0.2) is 0 Å². The van der Waals surface area contributed by atoms with Gasteiger partial charge >= 0.3 is 6.09 Å². The first-order chi connectivity index (χ1) is 21.6. The average molecular weight is 665 g/mol. The number of hydrogen-bond donors (Lipinski definition) is 4. The minimum absolute atomic E-state index is 0.0228. The van der Waals surface area contributed by atoms with Crippen LogP contribution < -0.4 is 16.0 Å². The van der Waals surface area contributed by atoms with Crippen LogP contribution in [0.25, 0.3) is 0 Å². The summed E-state index contributed by atoms with van der Waals surface area (Å²) in [6.07, 6.45) is 3.73. The van der Waals surface area contributed by atoms with Crippen LogP contribution in [0.15, 0.2) is 42.5 Å². The normalized spacial score (nSPS) is 27.5. The van der Waals surface area contributed by atoms with E-state index in [9.17, 15) is 23.1 Å². The van der Waals surface area contributed by atoms with Crippen LogP contribution in [0.5, 0.6) is 0 Å². The summed E-state index contributed by atoms with van der Waals surface area (Å²) in [5.41, 5.74) is 1.25. The zero-order valence-electron chi connectivity index (χ0n) is 25.4. The summed E-state index contributed by atoms with van der Waals surface area (Å²) < 4.78 is 48.3. The highest BCUT2D eigenvalue weighted by atomic mass is 35.5. The second-order valence-corrected chi connectivity index (χ2v) is 14.8. The summed E-state index contributed by atoms with van der Waals surface area (Å²) in [7, 11) is -1.74. The van der Waals surface area contributed by atoms with Crippen LogP contribution >= 0.6 is 11.6 Å². The third-order valence-electron chi connectivity index (χ3n) is 9.60. The largest absolute Gasteiger partial charge is 0.465 e. The van der Waals surface area contributed by atoms with E-state index in [2.05, 4.69) is 16.0 Å². The number of carbonyl (C=O) groups is 2. The molecule has 2 aromatic rings. The Morgan fingerprint density at radius 1 is 1.13 bits per heavy atom. The average Bonchev–Trinajstić information content (AvgIpc) is 3.13. The molecule has 13 heteroatoms. The van der Waals surface area contributed by atoms with Crippen molar-refractivity contribution in [1.82, 2.24) is 14.9 Å². The maximum absolute atomic E-state index is 15.3. The van der Waals surface area contributed by atoms with Crippen molar-refractivity contribution in [2.75, 3.05) is 31.3 Å². The Morgan fingerprint density at radius 2 is 1.87 bits per heavy atom. The van der Waals surface area contributed by atoms with E-state index in [0.29, 0.717) is 31.0 Å². The molecule has 4 N–H and O–H groups in total. The molecule has 2 saturated heterocycles. The highest BCUT2D eigenvalue weighted by Gasteiger charge is 2.40. The molecule has 1 unspecified atom stereocenters. The molecule has 1 saturated carbocycles. The molecule has 1 aliphatic carbocycles. The number of sulfonamides is 1. The van der Waals surface area contributed by atoms with Gasteiger partial charge in [-0.25, -0.2) is 17.6 Å². The summed E-state index contributed by atoms with van der Waals surface area (Å²) in [5, 5.41) is 19.1. The number of anilines is 1. The Labute approximate surface area is 269 Å². The summed E-state index contributed by atoms with van der Waals surface area (Å²) >= 11 is 6.16. The number of hydrogen-bond acceptors (Lipinski definition) is 6.